The zero-order valence-electron chi connectivity index (χ0n) is 12.9. The molecule has 2 rings (SSSR count). The summed E-state index contributed by atoms with van der Waals surface area (Å²) in [6, 6.07) is 4.24. The summed E-state index contributed by atoms with van der Waals surface area (Å²) in [5.74, 6) is -3.21. The van der Waals surface area contributed by atoms with Crippen molar-refractivity contribution in [3.63, 3.8) is 0 Å². The maximum absolute atomic E-state index is 14.3. The third kappa shape index (κ3) is 3.82. The first-order chi connectivity index (χ1) is 10.8. The Kier molecular flexibility index (Phi) is 5.26. The number of hydrogen-bond acceptors (Lipinski definition) is 3. The van der Waals surface area contributed by atoms with E-state index in [1.807, 2.05) is 13.8 Å². The third-order valence-corrected chi connectivity index (χ3v) is 4.06. The normalized spacial score (nSPS) is 19.8. The first kappa shape index (κ1) is 17.7. The highest BCUT2D eigenvalue weighted by Gasteiger charge is 2.43. The Balaban J connectivity index is 2.33. The van der Waals surface area contributed by atoms with Gasteiger partial charge in [0.25, 0.3) is 5.92 Å². The molecule has 0 radical (unpaired) electrons. The smallest absolute Gasteiger partial charge is 0.424 e. The average molecular weight is 345 g/mol. The number of amides is 1. The fraction of sp³-hybridized carbons (Fsp3) is 0.438. The van der Waals surface area contributed by atoms with Crippen molar-refractivity contribution in [3.8, 4) is 0 Å². The van der Waals surface area contributed by atoms with Crippen molar-refractivity contribution in [1.29, 1.82) is 0 Å². The van der Waals surface area contributed by atoms with Crippen molar-refractivity contribution >= 4 is 17.7 Å². The minimum atomic E-state index is -3.27. The van der Waals surface area contributed by atoms with Gasteiger partial charge in [-0.15, -0.1) is 0 Å². The number of cyclic esters (lactones) is 1. The van der Waals surface area contributed by atoms with Gasteiger partial charge >= 0.3 is 6.09 Å². The summed E-state index contributed by atoms with van der Waals surface area (Å²) in [6.07, 6.45) is -0.104. The molecule has 2 atom stereocenters. The van der Waals surface area contributed by atoms with Gasteiger partial charge in [0, 0.05) is 5.02 Å². The summed E-state index contributed by atoms with van der Waals surface area (Å²) in [5.41, 5.74) is 2.91. The highest BCUT2D eigenvalue weighted by molar-refractivity contribution is 6.30. The lowest BCUT2D eigenvalue weighted by Crippen LogP contribution is -2.52. The van der Waals surface area contributed by atoms with Gasteiger partial charge < -0.3 is 4.74 Å². The molecule has 1 aliphatic heterocycles. The van der Waals surface area contributed by atoms with E-state index in [2.05, 4.69) is 12.0 Å². The van der Waals surface area contributed by atoms with Crippen LogP contribution in [-0.2, 0) is 4.74 Å². The van der Waals surface area contributed by atoms with E-state index in [0.29, 0.717) is 16.7 Å². The predicted octanol–water partition coefficient (Wildman–Crippen LogP) is 4.18. The van der Waals surface area contributed by atoms with Gasteiger partial charge in [0.15, 0.2) is 0 Å². The number of carbonyl (C=O) groups excluding carboxylic acids is 1. The summed E-state index contributed by atoms with van der Waals surface area (Å²) in [5, 5.41) is 1.58. The van der Waals surface area contributed by atoms with Crippen LogP contribution in [0.1, 0.15) is 25.5 Å². The second kappa shape index (κ2) is 6.84. The number of rotatable bonds is 6. The Morgan fingerprint density at radius 2 is 2.04 bits per heavy atom. The first-order valence-electron chi connectivity index (χ1n) is 7.25. The van der Waals surface area contributed by atoms with Gasteiger partial charge in [-0.1, -0.05) is 44.2 Å². The quantitative estimate of drug-likeness (QED) is 0.787. The fourth-order valence-corrected chi connectivity index (χ4v) is 2.50. The number of alkyl halides is 2. The molecule has 1 heterocycles. The van der Waals surface area contributed by atoms with Crippen LogP contribution < -0.4 is 5.43 Å². The van der Waals surface area contributed by atoms with Crippen LogP contribution >= 0.6 is 11.6 Å². The molecule has 1 fully saturated rings. The maximum atomic E-state index is 14.3. The molecule has 0 spiro atoms. The first-order valence-corrected chi connectivity index (χ1v) is 7.63. The maximum Gasteiger partial charge on any atom is 0.424 e. The highest BCUT2D eigenvalue weighted by Crippen LogP contribution is 2.34. The van der Waals surface area contributed by atoms with Crippen LogP contribution in [0, 0.1) is 5.92 Å². The molecule has 23 heavy (non-hydrogen) atoms. The molecule has 1 saturated heterocycles. The molecule has 0 saturated carbocycles. The van der Waals surface area contributed by atoms with Gasteiger partial charge in [-0.3, -0.25) is 0 Å². The van der Waals surface area contributed by atoms with Crippen LogP contribution in [0.5, 0.6) is 0 Å². The summed E-state index contributed by atoms with van der Waals surface area (Å²) < 4.78 is 33.6. The van der Waals surface area contributed by atoms with E-state index in [-0.39, 0.29) is 18.6 Å². The van der Waals surface area contributed by atoms with Crippen LogP contribution in [-0.4, -0.2) is 29.7 Å². The Hall–Kier alpha value is -1.66. The number of halogens is 3. The van der Waals surface area contributed by atoms with E-state index in [1.165, 1.54) is 24.3 Å². The largest absolute Gasteiger partial charge is 0.446 e. The van der Waals surface area contributed by atoms with Crippen molar-refractivity contribution in [2.45, 2.75) is 31.9 Å². The number of benzene rings is 1. The Morgan fingerprint density at radius 1 is 1.43 bits per heavy atom. The van der Waals surface area contributed by atoms with E-state index in [9.17, 15) is 13.6 Å². The van der Waals surface area contributed by atoms with Gasteiger partial charge in [0.2, 0.25) is 0 Å². The zero-order valence-corrected chi connectivity index (χ0v) is 13.7. The topological polar surface area (TPSA) is 41.6 Å². The molecular weight excluding hydrogens is 326 g/mol. The van der Waals surface area contributed by atoms with Gasteiger partial charge in [0.05, 0.1) is 6.04 Å². The molecule has 126 valence electrons. The fourth-order valence-electron chi connectivity index (χ4n) is 2.37. The van der Waals surface area contributed by atoms with E-state index >= 15 is 0 Å². The van der Waals surface area contributed by atoms with E-state index in [4.69, 9.17) is 16.3 Å². The molecule has 0 unspecified atom stereocenters. The van der Waals surface area contributed by atoms with Crippen LogP contribution in [0.15, 0.2) is 36.9 Å². The molecule has 1 N–H and O–H groups in total. The Bertz CT molecular complexity index is 578. The molecule has 0 aromatic heterocycles. The number of carbonyl (C=O) groups is 1. The second-order valence-corrected chi connectivity index (χ2v) is 6.19. The van der Waals surface area contributed by atoms with E-state index in [1.54, 1.807) is 0 Å². The van der Waals surface area contributed by atoms with Crippen LogP contribution in [0.3, 0.4) is 0 Å². The standard InChI is InChI=1S/C16H19ClF2N2O2/c1-4-16(18,19)14(11-5-7-12(17)8-6-11)20-21-13(10(2)3)9-23-15(21)22/h4-8,10,13-14,20H,1,9H2,2-3H3/t13-,14-/m1/s1. The van der Waals surface area contributed by atoms with Crippen LogP contribution in [0.2, 0.25) is 5.02 Å². The van der Waals surface area contributed by atoms with Crippen molar-refractivity contribution in [1.82, 2.24) is 10.4 Å². The van der Waals surface area contributed by atoms with Crippen molar-refractivity contribution in [2.24, 2.45) is 5.92 Å². The number of nitrogens with zero attached hydrogens (tertiary/aromatic N) is 1. The number of hydrazine groups is 1. The van der Waals surface area contributed by atoms with Crippen molar-refractivity contribution in [3.05, 3.63) is 47.5 Å². The van der Waals surface area contributed by atoms with Crippen LogP contribution in [0.4, 0.5) is 13.6 Å². The number of hydrogen-bond donors (Lipinski definition) is 1. The second-order valence-electron chi connectivity index (χ2n) is 5.75. The lowest BCUT2D eigenvalue weighted by molar-refractivity contribution is -0.0188. The lowest BCUT2D eigenvalue weighted by Gasteiger charge is -2.33. The molecule has 4 nitrogen and oxygen atoms in total. The van der Waals surface area contributed by atoms with E-state index < -0.39 is 18.1 Å². The zero-order chi connectivity index (χ0) is 17.2. The van der Waals surface area contributed by atoms with E-state index in [0.717, 1.165) is 5.01 Å². The number of nitrogens with one attached hydrogen (secondary N) is 1. The van der Waals surface area contributed by atoms with Gasteiger partial charge in [-0.05, 0) is 29.7 Å². The Labute approximate surface area is 139 Å². The summed E-state index contributed by atoms with van der Waals surface area (Å²) in [7, 11) is 0. The molecule has 0 bridgehead atoms. The molecule has 7 heteroatoms. The van der Waals surface area contributed by atoms with Gasteiger partial charge in [-0.2, -0.15) is 8.78 Å². The summed E-state index contributed by atoms with van der Waals surface area (Å²) >= 11 is 5.81. The minimum absolute atomic E-state index is 0.0529. The van der Waals surface area contributed by atoms with Crippen LogP contribution in [0.25, 0.3) is 0 Å². The third-order valence-electron chi connectivity index (χ3n) is 3.80. The minimum Gasteiger partial charge on any atom is -0.446 e. The molecule has 0 aliphatic carbocycles. The average Bonchev–Trinajstić information content (AvgIpc) is 2.87. The molecular formula is C16H19ClF2N2O2. The van der Waals surface area contributed by atoms with Crippen molar-refractivity contribution in [2.75, 3.05) is 6.61 Å². The highest BCUT2D eigenvalue weighted by atomic mass is 35.5. The van der Waals surface area contributed by atoms with Gasteiger partial charge in [0.1, 0.15) is 12.6 Å². The van der Waals surface area contributed by atoms with Gasteiger partial charge in [-0.25, -0.2) is 15.2 Å². The molecule has 1 aliphatic rings. The van der Waals surface area contributed by atoms with Crippen molar-refractivity contribution < 1.29 is 18.3 Å². The number of ether oxygens (including phenoxy) is 1. The lowest BCUT2D eigenvalue weighted by atomic mass is 10.0. The Morgan fingerprint density at radius 3 is 2.57 bits per heavy atom. The summed E-state index contributed by atoms with van der Waals surface area (Å²) in [6.45, 7) is 7.14. The summed E-state index contributed by atoms with van der Waals surface area (Å²) in [4.78, 5) is 11.9. The predicted molar refractivity (Wildman–Crippen MR) is 84.3 cm³/mol. The monoisotopic (exact) mass is 344 g/mol. The molecule has 1 aromatic rings. The molecule has 1 amide bonds. The molecule has 1 aromatic carbocycles. The SMILES string of the molecule is C=CC(F)(F)[C@H](NN1C(=O)OC[C@@H]1C(C)C)c1ccc(Cl)cc1.